The van der Waals surface area contributed by atoms with Crippen LogP contribution in [0.3, 0.4) is 0 Å². The van der Waals surface area contributed by atoms with Crippen LogP contribution in [0, 0.1) is 6.92 Å². The van der Waals surface area contributed by atoms with Gasteiger partial charge in [0.25, 0.3) is 5.91 Å². The summed E-state index contributed by atoms with van der Waals surface area (Å²) < 4.78 is 45.0. The Balaban J connectivity index is 1.77. The number of amides is 3. The standard InChI is InChI=1S/C19H18F3N3O3/c1-11-5-4-6-14(19(20,21)22)13(11)10-28-12-7-8-15(23-9-12)25-16(26)18(2,3)24-17(25)27/h4-9H,10H2,1-3H3,(H,24,27). The molecule has 1 N–H and O–H groups in total. The molecule has 0 atom stereocenters. The van der Waals surface area contributed by atoms with Gasteiger partial charge in [-0.3, -0.25) is 4.79 Å². The lowest BCUT2D eigenvalue weighted by atomic mass is 10.0. The highest BCUT2D eigenvalue weighted by molar-refractivity contribution is 6.22. The molecule has 3 amide bonds. The van der Waals surface area contributed by atoms with E-state index in [1.54, 1.807) is 26.8 Å². The SMILES string of the molecule is Cc1cccc(C(F)(F)F)c1COc1ccc(N2C(=O)NC(C)(C)C2=O)nc1. The third kappa shape index (κ3) is 3.64. The van der Waals surface area contributed by atoms with Gasteiger partial charge in [0.15, 0.2) is 0 Å². The quantitative estimate of drug-likeness (QED) is 0.802. The van der Waals surface area contributed by atoms with Crippen LogP contribution in [-0.2, 0) is 17.6 Å². The first-order chi connectivity index (χ1) is 13.0. The van der Waals surface area contributed by atoms with Crippen LogP contribution in [0.5, 0.6) is 5.75 Å². The third-order valence-electron chi connectivity index (χ3n) is 4.41. The van der Waals surface area contributed by atoms with Gasteiger partial charge in [-0.1, -0.05) is 12.1 Å². The molecule has 2 heterocycles. The number of urea groups is 1. The van der Waals surface area contributed by atoms with E-state index in [9.17, 15) is 22.8 Å². The number of carbonyl (C=O) groups excluding carboxylic acids is 2. The number of ether oxygens (including phenoxy) is 1. The van der Waals surface area contributed by atoms with Gasteiger partial charge in [-0.05, 0) is 44.5 Å². The fraction of sp³-hybridized carbons (Fsp3) is 0.316. The molecular weight excluding hydrogens is 375 g/mol. The van der Waals surface area contributed by atoms with Crippen molar-refractivity contribution in [2.45, 2.75) is 39.1 Å². The second-order valence-electron chi connectivity index (χ2n) is 6.94. The summed E-state index contributed by atoms with van der Waals surface area (Å²) in [5, 5.41) is 2.54. The Bertz CT molecular complexity index is 924. The number of anilines is 1. The van der Waals surface area contributed by atoms with E-state index in [-0.39, 0.29) is 23.7 Å². The van der Waals surface area contributed by atoms with Crippen LogP contribution in [0.2, 0.25) is 0 Å². The molecule has 1 aliphatic heterocycles. The Morgan fingerprint density at radius 3 is 2.43 bits per heavy atom. The molecule has 1 aromatic carbocycles. The van der Waals surface area contributed by atoms with Crippen molar-refractivity contribution in [2.24, 2.45) is 0 Å². The number of nitrogens with zero attached hydrogens (tertiary/aromatic N) is 2. The Morgan fingerprint density at radius 1 is 1.18 bits per heavy atom. The fourth-order valence-electron chi connectivity index (χ4n) is 2.86. The highest BCUT2D eigenvalue weighted by Gasteiger charge is 2.45. The van der Waals surface area contributed by atoms with Gasteiger partial charge in [-0.2, -0.15) is 13.2 Å². The molecule has 0 saturated carbocycles. The van der Waals surface area contributed by atoms with Gasteiger partial charge in [-0.15, -0.1) is 0 Å². The predicted molar refractivity (Wildman–Crippen MR) is 94.8 cm³/mol. The van der Waals surface area contributed by atoms with Gasteiger partial charge in [0.05, 0.1) is 11.8 Å². The summed E-state index contributed by atoms with van der Waals surface area (Å²) >= 11 is 0. The van der Waals surface area contributed by atoms with Crippen LogP contribution in [0.1, 0.15) is 30.5 Å². The highest BCUT2D eigenvalue weighted by Crippen LogP contribution is 2.34. The van der Waals surface area contributed by atoms with Crippen molar-refractivity contribution in [1.29, 1.82) is 0 Å². The molecule has 1 fully saturated rings. The third-order valence-corrected chi connectivity index (χ3v) is 4.41. The van der Waals surface area contributed by atoms with Crippen molar-refractivity contribution in [3.05, 3.63) is 53.2 Å². The maximum Gasteiger partial charge on any atom is 0.416 e. The van der Waals surface area contributed by atoms with E-state index in [1.807, 2.05) is 0 Å². The lowest BCUT2D eigenvalue weighted by Crippen LogP contribution is -2.40. The molecule has 1 aromatic heterocycles. The fourth-order valence-corrected chi connectivity index (χ4v) is 2.86. The van der Waals surface area contributed by atoms with Crippen LogP contribution < -0.4 is 15.0 Å². The van der Waals surface area contributed by atoms with Gasteiger partial charge in [0.1, 0.15) is 23.7 Å². The molecule has 28 heavy (non-hydrogen) atoms. The van der Waals surface area contributed by atoms with Crippen molar-refractivity contribution < 1.29 is 27.5 Å². The molecule has 3 rings (SSSR count). The van der Waals surface area contributed by atoms with E-state index in [4.69, 9.17) is 4.74 Å². The first kappa shape index (κ1) is 19.7. The van der Waals surface area contributed by atoms with Crippen molar-refractivity contribution >= 4 is 17.8 Å². The molecule has 1 saturated heterocycles. The molecule has 0 radical (unpaired) electrons. The first-order valence-electron chi connectivity index (χ1n) is 8.42. The molecule has 0 spiro atoms. The summed E-state index contributed by atoms with van der Waals surface area (Å²) in [6.07, 6.45) is -3.23. The molecular formula is C19H18F3N3O3. The molecule has 6 nitrogen and oxygen atoms in total. The zero-order valence-corrected chi connectivity index (χ0v) is 15.4. The number of benzene rings is 1. The topological polar surface area (TPSA) is 71.5 Å². The van der Waals surface area contributed by atoms with Gasteiger partial charge in [-0.25, -0.2) is 14.7 Å². The number of pyridine rings is 1. The Morgan fingerprint density at radius 2 is 1.89 bits per heavy atom. The van der Waals surface area contributed by atoms with Gasteiger partial charge in [0.2, 0.25) is 0 Å². The Kier molecular flexibility index (Phi) is 4.78. The van der Waals surface area contributed by atoms with E-state index in [2.05, 4.69) is 10.3 Å². The summed E-state index contributed by atoms with van der Waals surface area (Å²) in [5.74, 6) is -0.132. The minimum Gasteiger partial charge on any atom is -0.487 e. The normalized spacial score (nSPS) is 16.3. The maximum atomic E-state index is 13.2. The number of nitrogens with one attached hydrogen (secondary N) is 1. The first-order valence-corrected chi connectivity index (χ1v) is 8.42. The van der Waals surface area contributed by atoms with E-state index in [1.165, 1.54) is 24.4 Å². The second-order valence-corrected chi connectivity index (χ2v) is 6.94. The van der Waals surface area contributed by atoms with Crippen LogP contribution in [0.25, 0.3) is 0 Å². The number of carbonyl (C=O) groups is 2. The number of imide groups is 1. The van der Waals surface area contributed by atoms with Crippen molar-refractivity contribution in [2.75, 3.05) is 4.90 Å². The lowest BCUT2D eigenvalue weighted by Gasteiger charge is -2.17. The summed E-state index contributed by atoms with van der Waals surface area (Å²) in [7, 11) is 0. The van der Waals surface area contributed by atoms with Gasteiger partial charge >= 0.3 is 12.2 Å². The zero-order valence-electron chi connectivity index (χ0n) is 15.4. The minimum absolute atomic E-state index is 0.0370. The van der Waals surface area contributed by atoms with E-state index < -0.39 is 29.2 Å². The molecule has 148 valence electrons. The summed E-state index contributed by atoms with van der Waals surface area (Å²) in [5.41, 5.74) is -1.29. The molecule has 0 unspecified atom stereocenters. The van der Waals surface area contributed by atoms with E-state index >= 15 is 0 Å². The van der Waals surface area contributed by atoms with E-state index in [0.29, 0.717) is 5.56 Å². The number of rotatable bonds is 4. The molecule has 2 aromatic rings. The Labute approximate surface area is 159 Å². The summed E-state index contributed by atoms with van der Waals surface area (Å²) in [6, 6.07) is 6.18. The van der Waals surface area contributed by atoms with Crippen LogP contribution in [-0.4, -0.2) is 22.5 Å². The predicted octanol–water partition coefficient (Wildman–Crippen LogP) is 3.82. The monoisotopic (exact) mass is 393 g/mol. The smallest absolute Gasteiger partial charge is 0.416 e. The average molecular weight is 393 g/mol. The summed E-state index contributed by atoms with van der Waals surface area (Å²) in [4.78, 5) is 29.2. The van der Waals surface area contributed by atoms with Crippen molar-refractivity contribution in [3.8, 4) is 5.75 Å². The zero-order chi connectivity index (χ0) is 20.7. The minimum atomic E-state index is -4.48. The van der Waals surface area contributed by atoms with Crippen LogP contribution >= 0.6 is 0 Å². The number of hydrogen-bond acceptors (Lipinski definition) is 4. The Hall–Kier alpha value is -3.10. The number of aryl methyl sites for hydroxylation is 1. The molecule has 1 aliphatic rings. The highest BCUT2D eigenvalue weighted by atomic mass is 19.4. The average Bonchev–Trinajstić information content (AvgIpc) is 2.81. The number of alkyl halides is 3. The van der Waals surface area contributed by atoms with Gasteiger partial charge in [0, 0.05) is 5.56 Å². The van der Waals surface area contributed by atoms with Crippen molar-refractivity contribution in [1.82, 2.24) is 10.3 Å². The van der Waals surface area contributed by atoms with Crippen LogP contribution in [0.15, 0.2) is 36.5 Å². The number of hydrogen-bond donors (Lipinski definition) is 1. The van der Waals surface area contributed by atoms with E-state index in [0.717, 1.165) is 11.0 Å². The summed E-state index contributed by atoms with van der Waals surface area (Å²) in [6.45, 7) is 4.43. The molecule has 9 heteroatoms. The molecule has 0 aliphatic carbocycles. The number of halogens is 3. The maximum absolute atomic E-state index is 13.2. The lowest BCUT2D eigenvalue weighted by molar-refractivity contribution is -0.138. The largest absolute Gasteiger partial charge is 0.487 e. The van der Waals surface area contributed by atoms with Gasteiger partial charge < -0.3 is 10.1 Å². The second kappa shape index (κ2) is 6.81. The molecule has 0 bridgehead atoms. The van der Waals surface area contributed by atoms with Crippen molar-refractivity contribution in [3.63, 3.8) is 0 Å². The van der Waals surface area contributed by atoms with Crippen LogP contribution in [0.4, 0.5) is 23.8 Å². The number of aromatic nitrogens is 1.